The molecule has 5 nitrogen and oxygen atoms in total. The van der Waals surface area contributed by atoms with E-state index >= 15 is 0 Å². The maximum atomic E-state index is 13.1. The summed E-state index contributed by atoms with van der Waals surface area (Å²) >= 11 is 0. The largest absolute Gasteiger partial charge is 0.452 e. The molecule has 1 atom stereocenters. The van der Waals surface area contributed by atoms with Crippen molar-refractivity contribution in [1.82, 2.24) is 9.88 Å². The van der Waals surface area contributed by atoms with Gasteiger partial charge in [0, 0.05) is 24.2 Å². The summed E-state index contributed by atoms with van der Waals surface area (Å²) in [7, 11) is 0. The molecule has 28 heavy (non-hydrogen) atoms. The molecule has 0 N–H and O–H groups in total. The van der Waals surface area contributed by atoms with Gasteiger partial charge in [0.05, 0.1) is 11.1 Å². The molecule has 1 fully saturated rings. The van der Waals surface area contributed by atoms with Gasteiger partial charge in [-0.3, -0.25) is 9.78 Å². The standard InChI is InChI=1S/C23H28N2O3/c1-16-8-7-13-25(14-16)21(26)15-28-23(27)22-17-9-3-2-4-11-19(17)24-20-12-6-5-10-18(20)22/h5-6,10,12,16H,2-4,7-9,11,13-15H2,1H3/t16-/m1/s1. The first-order chi connectivity index (χ1) is 13.6. The van der Waals surface area contributed by atoms with Crippen LogP contribution in [0.3, 0.4) is 0 Å². The third-order valence-corrected chi connectivity index (χ3v) is 5.96. The van der Waals surface area contributed by atoms with E-state index in [4.69, 9.17) is 9.72 Å². The highest BCUT2D eigenvalue weighted by Gasteiger charge is 2.25. The average molecular weight is 380 g/mol. The second-order valence-electron chi connectivity index (χ2n) is 8.15. The quantitative estimate of drug-likeness (QED) is 0.598. The molecule has 2 aliphatic rings. The van der Waals surface area contributed by atoms with Gasteiger partial charge in [-0.25, -0.2) is 4.79 Å². The molecule has 2 heterocycles. The fourth-order valence-corrected chi connectivity index (χ4v) is 4.49. The normalized spacial score (nSPS) is 19.8. The maximum Gasteiger partial charge on any atom is 0.339 e. The molecular formula is C23H28N2O3. The highest BCUT2D eigenvalue weighted by Crippen LogP contribution is 2.29. The molecule has 1 saturated heterocycles. The Morgan fingerprint density at radius 2 is 1.96 bits per heavy atom. The summed E-state index contributed by atoms with van der Waals surface area (Å²) in [6.45, 7) is 3.49. The second-order valence-corrected chi connectivity index (χ2v) is 8.15. The van der Waals surface area contributed by atoms with Gasteiger partial charge in [0.1, 0.15) is 0 Å². The summed E-state index contributed by atoms with van der Waals surface area (Å²) < 4.78 is 5.54. The molecule has 5 heteroatoms. The number of nitrogens with zero attached hydrogens (tertiary/aromatic N) is 2. The van der Waals surface area contributed by atoms with Crippen LogP contribution < -0.4 is 0 Å². The number of likely N-dealkylation sites (tertiary alicyclic amines) is 1. The minimum absolute atomic E-state index is 0.0932. The van der Waals surface area contributed by atoms with Gasteiger partial charge in [0.15, 0.2) is 6.61 Å². The van der Waals surface area contributed by atoms with Gasteiger partial charge in [-0.15, -0.1) is 0 Å². The van der Waals surface area contributed by atoms with Gasteiger partial charge >= 0.3 is 5.97 Å². The predicted octanol–water partition coefficient (Wildman–Crippen LogP) is 3.92. The molecule has 4 rings (SSSR count). The minimum Gasteiger partial charge on any atom is -0.452 e. The first kappa shape index (κ1) is 18.9. The number of aromatic nitrogens is 1. The Bertz CT molecular complexity index is 893. The average Bonchev–Trinajstić information content (AvgIpc) is 2.95. The van der Waals surface area contributed by atoms with Crippen LogP contribution >= 0.6 is 0 Å². The third kappa shape index (κ3) is 3.89. The van der Waals surface area contributed by atoms with Crippen molar-refractivity contribution in [3.63, 3.8) is 0 Å². The number of aryl methyl sites for hydroxylation is 1. The number of pyridine rings is 1. The lowest BCUT2D eigenvalue weighted by atomic mass is 9.97. The summed E-state index contributed by atoms with van der Waals surface area (Å²) in [6, 6.07) is 7.73. The third-order valence-electron chi connectivity index (χ3n) is 5.96. The molecule has 1 amide bonds. The van der Waals surface area contributed by atoms with Crippen molar-refractivity contribution in [2.45, 2.75) is 51.9 Å². The molecule has 1 aromatic heterocycles. The summed E-state index contributed by atoms with van der Waals surface area (Å²) in [4.78, 5) is 32.2. The number of ether oxygens (including phenoxy) is 1. The van der Waals surface area contributed by atoms with Crippen molar-refractivity contribution in [3.05, 3.63) is 41.1 Å². The van der Waals surface area contributed by atoms with Gasteiger partial charge < -0.3 is 9.64 Å². The second kappa shape index (κ2) is 8.29. The van der Waals surface area contributed by atoms with E-state index in [1.54, 1.807) is 0 Å². The molecule has 0 spiro atoms. The van der Waals surface area contributed by atoms with Crippen molar-refractivity contribution in [2.24, 2.45) is 5.92 Å². The number of benzene rings is 1. The summed E-state index contributed by atoms with van der Waals surface area (Å²) in [5, 5.41) is 0.826. The molecule has 1 aliphatic carbocycles. The monoisotopic (exact) mass is 380 g/mol. The van der Waals surface area contributed by atoms with Gasteiger partial charge in [0.2, 0.25) is 0 Å². The fourth-order valence-electron chi connectivity index (χ4n) is 4.49. The molecular weight excluding hydrogens is 352 g/mol. The minimum atomic E-state index is -0.393. The van der Waals surface area contributed by atoms with Gasteiger partial charge in [-0.1, -0.05) is 31.5 Å². The number of carbonyl (C=O) groups excluding carboxylic acids is 2. The molecule has 148 valence electrons. The Morgan fingerprint density at radius 3 is 2.82 bits per heavy atom. The van der Waals surface area contributed by atoms with Crippen LogP contribution in [-0.2, 0) is 22.4 Å². The number of fused-ring (bicyclic) bond motifs is 2. The lowest BCUT2D eigenvalue weighted by Crippen LogP contribution is -2.41. The molecule has 0 saturated carbocycles. The van der Waals surface area contributed by atoms with E-state index in [0.29, 0.717) is 11.5 Å². The van der Waals surface area contributed by atoms with Crippen LogP contribution in [0, 0.1) is 5.92 Å². The summed E-state index contributed by atoms with van der Waals surface area (Å²) in [5.41, 5.74) is 3.47. The van der Waals surface area contributed by atoms with E-state index in [0.717, 1.165) is 80.2 Å². The predicted molar refractivity (Wildman–Crippen MR) is 108 cm³/mol. The van der Waals surface area contributed by atoms with Crippen LogP contribution in [0.5, 0.6) is 0 Å². The lowest BCUT2D eigenvalue weighted by molar-refractivity contribution is -0.136. The first-order valence-electron chi connectivity index (χ1n) is 10.5. The van der Waals surface area contributed by atoms with Crippen LogP contribution in [0.15, 0.2) is 24.3 Å². The highest BCUT2D eigenvalue weighted by molar-refractivity contribution is 6.05. The summed E-state index contributed by atoms with van der Waals surface area (Å²) in [6.07, 6.45) is 7.20. The Labute approximate surface area is 166 Å². The van der Waals surface area contributed by atoms with Crippen LogP contribution in [0.4, 0.5) is 0 Å². The zero-order valence-corrected chi connectivity index (χ0v) is 16.6. The van der Waals surface area contributed by atoms with Crippen molar-refractivity contribution >= 4 is 22.8 Å². The number of rotatable bonds is 3. The Morgan fingerprint density at radius 1 is 1.14 bits per heavy atom. The topological polar surface area (TPSA) is 59.5 Å². The molecule has 1 aromatic carbocycles. The zero-order valence-electron chi connectivity index (χ0n) is 16.6. The number of hydrogen-bond donors (Lipinski definition) is 0. The van der Waals surface area contributed by atoms with E-state index in [1.807, 2.05) is 29.2 Å². The number of carbonyl (C=O) groups is 2. The van der Waals surface area contributed by atoms with Crippen LogP contribution in [0.1, 0.15) is 60.6 Å². The molecule has 0 radical (unpaired) electrons. The lowest BCUT2D eigenvalue weighted by Gasteiger charge is -2.30. The molecule has 0 bridgehead atoms. The molecule has 0 unspecified atom stereocenters. The number of esters is 1. The van der Waals surface area contributed by atoms with E-state index in [1.165, 1.54) is 0 Å². The highest BCUT2D eigenvalue weighted by atomic mass is 16.5. The van der Waals surface area contributed by atoms with Gasteiger partial charge in [0.25, 0.3) is 5.91 Å². The zero-order chi connectivity index (χ0) is 19.5. The van der Waals surface area contributed by atoms with Crippen LogP contribution in [0.25, 0.3) is 10.9 Å². The maximum absolute atomic E-state index is 13.1. The van der Waals surface area contributed by atoms with E-state index in [-0.39, 0.29) is 12.5 Å². The Balaban J connectivity index is 1.58. The molecule has 2 aromatic rings. The van der Waals surface area contributed by atoms with Crippen LogP contribution in [0.2, 0.25) is 0 Å². The Hall–Kier alpha value is -2.43. The fraction of sp³-hybridized carbons (Fsp3) is 0.522. The SMILES string of the molecule is C[C@@H]1CCCN(C(=O)COC(=O)c2c3c(nc4ccccc24)CCCCC3)C1. The number of hydrogen-bond acceptors (Lipinski definition) is 4. The Kier molecular flexibility index (Phi) is 5.60. The first-order valence-corrected chi connectivity index (χ1v) is 10.5. The van der Waals surface area contributed by atoms with Crippen molar-refractivity contribution in [3.8, 4) is 0 Å². The number of amides is 1. The van der Waals surface area contributed by atoms with Gasteiger partial charge in [-0.2, -0.15) is 0 Å². The van der Waals surface area contributed by atoms with Crippen molar-refractivity contribution < 1.29 is 14.3 Å². The van der Waals surface area contributed by atoms with E-state index < -0.39 is 5.97 Å². The van der Waals surface area contributed by atoms with Gasteiger partial charge in [-0.05, 0) is 56.1 Å². The van der Waals surface area contributed by atoms with E-state index in [2.05, 4.69) is 6.92 Å². The molecule has 1 aliphatic heterocycles. The number of piperidine rings is 1. The summed E-state index contributed by atoms with van der Waals surface area (Å²) in [5.74, 6) is 0.0211. The van der Waals surface area contributed by atoms with Crippen LogP contribution in [-0.4, -0.2) is 41.5 Å². The van der Waals surface area contributed by atoms with E-state index in [9.17, 15) is 9.59 Å². The smallest absolute Gasteiger partial charge is 0.339 e. The number of para-hydroxylation sites is 1. The van der Waals surface area contributed by atoms with Crippen molar-refractivity contribution in [2.75, 3.05) is 19.7 Å². The van der Waals surface area contributed by atoms with Crippen molar-refractivity contribution in [1.29, 1.82) is 0 Å².